The molecule has 134 valence electrons. The van der Waals surface area contributed by atoms with Crippen LogP contribution in [0.15, 0.2) is 64.2 Å². The number of ketones is 1. The second-order valence-corrected chi connectivity index (χ2v) is 6.65. The molecule has 2 aromatic carbocycles. The molecule has 0 bridgehead atoms. The number of rotatable bonds is 6. The Bertz CT molecular complexity index is 1030. The molecule has 0 N–H and O–H groups in total. The number of hydrogen-bond donors (Lipinski definition) is 0. The van der Waals surface area contributed by atoms with Crippen molar-refractivity contribution in [2.24, 2.45) is 9.98 Å². The lowest BCUT2D eigenvalue weighted by Crippen LogP contribution is -2.07. The van der Waals surface area contributed by atoms with Crippen LogP contribution in [0.2, 0.25) is 0 Å². The van der Waals surface area contributed by atoms with E-state index in [0.29, 0.717) is 12.0 Å². The van der Waals surface area contributed by atoms with Crippen molar-refractivity contribution in [1.29, 1.82) is 0 Å². The van der Waals surface area contributed by atoms with Gasteiger partial charge in [-0.25, -0.2) is 0 Å². The second kappa shape index (κ2) is 7.07. The van der Waals surface area contributed by atoms with Gasteiger partial charge in [-0.1, -0.05) is 30.3 Å². The zero-order chi connectivity index (χ0) is 18.8. The highest BCUT2D eigenvalue weighted by molar-refractivity contribution is 6.07. The molecule has 2 aromatic rings. The molecule has 2 aliphatic heterocycles. The number of nitro groups is 1. The summed E-state index contributed by atoms with van der Waals surface area (Å²) in [6.45, 7) is 0. The molecule has 2 heterocycles. The highest BCUT2D eigenvalue weighted by atomic mass is 16.6. The monoisotopic (exact) mass is 359 g/mol. The standard InChI is InChI=1S/C21H17N3O3/c25-18(11-14-3-1-4-17(10-14)24(26)27)12-15-6-7-19-16(9-15)13-21(23-19)20-5-2-8-22-20/h1,3-10H,2,11-13H2. The van der Waals surface area contributed by atoms with E-state index in [-0.39, 0.29) is 17.9 Å². The third-order valence-corrected chi connectivity index (χ3v) is 4.62. The minimum Gasteiger partial charge on any atom is -0.299 e. The SMILES string of the molecule is O=C(Cc1cccc([N+](=O)[O-])c1)Cc1ccc2c(c1)CC(C1=CCC=N1)=N2. The lowest BCUT2D eigenvalue weighted by molar-refractivity contribution is -0.384. The first-order valence-corrected chi connectivity index (χ1v) is 8.76. The summed E-state index contributed by atoms with van der Waals surface area (Å²) in [6.07, 6.45) is 5.99. The molecule has 0 saturated carbocycles. The number of nitrogens with zero attached hydrogens (tertiary/aromatic N) is 3. The molecule has 6 nitrogen and oxygen atoms in total. The smallest absolute Gasteiger partial charge is 0.269 e. The summed E-state index contributed by atoms with van der Waals surface area (Å²) in [6, 6.07) is 12.1. The minimum absolute atomic E-state index is 0.00591. The van der Waals surface area contributed by atoms with Crippen LogP contribution in [0.1, 0.15) is 23.1 Å². The van der Waals surface area contributed by atoms with Crippen LogP contribution in [0, 0.1) is 10.1 Å². The van der Waals surface area contributed by atoms with Crippen LogP contribution >= 0.6 is 0 Å². The fourth-order valence-electron chi connectivity index (χ4n) is 3.37. The van der Waals surface area contributed by atoms with Crippen molar-refractivity contribution in [3.63, 3.8) is 0 Å². The van der Waals surface area contributed by atoms with Crippen molar-refractivity contribution in [1.82, 2.24) is 0 Å². The van der Waals surface area contributed by atoms with Gasteiger partial charge in [0.25, 0.3) is 5.69 Å². The molecule has 0 aliphatic carbocycles. The van der Waals surface area contributed by atoms with Crippen molar-refractivity contribution < 1.29 is 9.72 Å². The summed E-state index contributed by atoms with van der Waals surface area (Å²) in [7, 11) is 0. The first-order chi connectivity index (χ1) is 13.1. The molecule has 0 fully saturated rings. The van der Waals surface area contributed by atoms with E-state index in [1.165, 1.54) is 12.1 Å². The molecule has 4 rings (SSSR count). The fourth-order valence-corrected chi connectivity index (χ4v) is 3.37. The Morgan fingerprint density at radius 2 is 1.93 bits per heavy atom. The average molecular weight is 359 g/mol. The molecular formula is C21H17N3O3. The summed E-state index contributed by atoms with van der Waals surface area (Å²) >= 11 is 0. The van der Waals surface area contributed by atoms with Gasteiger partial charge in [0.05, 0.1) is 22.0 Å². The number of Topliss-reactive ketones (excluding diaryl/α,β-unsaturated/α-hetero) is 1. The molecular weight excluding hydrogens is 342 g/mol. The predicted octanol–water partition coefficient (Wildman–Crippen LogP) is 3.94. The Kier molecular flexibility index (Phi) is 4.46. The predicted molar refractivity (Wildman–Crippen MR) is 104 cm³/mol. The zero-order valence-corrected chi connectivity index (χ0v) is 14.6. The van der Waals surface area contributed by atoms with Gasteiger partial charge >= 0.3 is 0 Å². The fraction of sp³-hybridized carbons (Fsp3) is 0.190. The number of nitro benzene ring substituents is 1. The van der Waals surface area contributed by atoms with Gasteiger partial charge in [0.2, 0.25) is 0 Å². The largest absolute Gasteiger partial charge is 0.299 e. The molecule has 0 saturated heterocycles. The van der Waals surface area contributed by atoms with Crippen LogP contribution < -0.4 is 0 Å². The van der Waals surface area contributed by atoms with Gasteiger partial charge < -0.3 is 0 Å². The van der Waals surface area contributed by atoms with E-state index in [9.17, 15) is 14.9 Å². The summed E-state index contributed by atoms with van der Waals surface area (Å²) in [5.41, 5.74) is 5.55. The lowest BCUT2D eigenvalue weighted by Gasteiger charge is -2.05. The van der Waals surface area contributed by atoms with E-state index in [1.54, 1.807) is 12.1 Å². The van der Waals surface area contributed by atoms with E-state index in [4.69, 9.17) is 0 Å². The number of carbonyl (C=O) groups is 1. The molecule has 27 heavy (non-hydrogen) atoms. The summed E-state index contributed by atoms with van der Waals surface area (Å²) in [5.74, 6) is 0.0256. The molecule has 0 radical (unpaired) electrons. The van der Waals surface area contributed by atoms with Crippen LogP contribution in [-0.2, 0) is 24.1 Å². The molecule has 0 atom stereocenters. The second-order valence-electron chi connectivity index (χ2n) is 6.65. The topological polar surface area (TPSA) is 84.9 Å². The molecule has 0 spiro atoms. The number of aliphatic imine (C=N–C) groups is 2. The summed E-state index contributed by atoms with van der Waals surface area (Å²) in [4.78, 5) is 31.8. The summed E-state index contributed by atoms with van der Waals surface area (Å²) < 4.78 is 0. The van der Waals surface area contributed by atoms with Crippen LogP contribution in [0.4, 0.5) is 11.4 Å². The lowest BCUT2D eigenvalue weighted by atomic mass is 9.99. The maximum Gasteiger partial charge on any atom is 0.269 e. The van der Waals surface area contributed by atoms with E-state index in [2.05, 4.69) is 16.1 Å². The van der Waals surface area contributed by atoms with Gasteiger partial charge in [0, 0.05) is 44.0 Å². The first kappa shape index (κ1) is 17.0. The quantitative estimate of drug-likeness (QED) is 0.578. The Hall–Kier alpha value is -3.41. The zero-order valence-electron chi connectivity index (χ0n) is 14.6. The van der Waals surface area contributed by atoms with Gasteiger partial charge in [-0.2, -0.15) is 0 Å². The number of fused-ring (bicyclic) bond motifs is 1. The number of allylic oxidation sites excluding steroid dienone is 2. The minimum atomic E-state index is -0.449. The van der Waals surface area contributed by atoms with Gasteiger partial charge in [-0.05, 0) is 22.8 Å². The molecule has 0 amide bonds. The van der Waals surface area contributed by atoms with Crippen molar-refractivity contribution in [3.8, 4) is 0 Å². The van der Waals surface area contributed by atoms with E-state index in [1.807, 2.05) is 24.4 Å². The van der Waals surface area contributed by atoms with Crippen molar-refractivity contribution in [2.45, 2.75) is 25.7 Å². The summed E-state index contributed by atoms with van der Waals surface area (Å²) in [5, 5.41) is 10.9. The Morgan fingerprint density at radius 1 is 1.11 bits per heavy atom. The Balaban J connectivity index is 1.42. The number of carbonyl (C=O) groups excluding carboxylic acids is 1. The van der Waals surface area contributed by atoms with Crippen molar-refractivity contribution in [3.05, 3.63) is 81.0 Å². The highest BCUT2D eigenvalue weighted by Gasteiger charge is 2.19. The average Bonchev–Trinajstić information content (AvgIpc) is 3.30. The number of hydrogen-bond acceptors (Lipinski definition) is 5. The number of non-ortho nitro benzene ring substituents is 1. The van der Waals surface area contributed by atoms with E-state index in [0.717, 1.165) is 41.1 Å². The van der Waals surface area contributed by atoms with Gasteiger partial charge in [-0.15, -0.1) is 0 Å². The molecule has 0 aromatic heterocycles. The highest BCUT2D eigenvalue weighted by Crippen LogP contribution is 2.31. The maximum absolute atomic E-state index is 12.4. The van der Waals surface area contributed by atoms with Crippen LogP contribution in [0.25, 0.3) is 0 Å². The number of benzene rings is 2. The van der Waals surface area contributed by atoms with Crippen LogP contribution in [0.3, 0.4) is 0 Å². The van der Waals surface area contributed by atoms with E-state index >= 15 is 0 Å². The van der Waals surface area contributed by atoms with Crippen LogP contribution in [0.5, 0.6) is 0 Å². The van der Waals surface area contributed by atoms with Gasteiger partial charge in [-0.3, -0.25) is 24.9 Å². The van der Waals surface area contributed by atoms with Gasteiger partial charge in [0.1, 0.15) is 5.78 Å². The molecule has 6 heteroatoms. The Labute approximate surface area is 156 Å². The normalized spacial score (nSPS) is 14.7. The van der Waals surface area contributed by atoms with E-state index < -0.39 is 4.92 Å². The third-order valence-electron chi connectivity index (χ3n) is 4.62. The first-order valence-electron chi connectivity index (χ1n) is 8.76. The maximum atomic E-state index is 12.4. The van der Waals surface area contributed by atoms with Crippen molar-refractivity contribution >= 4 is 29.1 Å². The molecule has 2 aliphatic rings. The van der Waals surface area contributed by atoms with Gasteiger partial charge in [0.15, 0.2) is 0 Å². The van der Waals surface area contributed by atoms with Crippen molar-refractivity contribution in [2.75, 3.05) is 0 Å². The third kappa shape index (κ3) is 3.74. The van der Waals surface area contributed by atoms with Crippen LogP contribution in [-0.4, -0.2) is 22.6 Å². The molecule has 0 unspecified atom stereocenters. The Morgan fingerprint density at radius 3 is 2.67 bits per heavy atom.